The van der Waals surface area contributed by atoms with Crippen molar-refractivity contribution >= 4 is 28.8 Å². The molecule has 0 saturated carbocycles. The van der Waals surface area contributed by atoms with Gasteiger partial charge in [-0.2, -0.15) is 0 Å². The van der Waals surface area contributed by atoms with Crippen LogP contribution in [0.4, 0.5) is 5.82 Å². The molecule has 0 aliphatic heterocycles. The molecule has 1 amide bonds. The summed E-state index contributed by atoms with van der Waals surface area (Å²) < 4.78 is 10.5. The maximum Gasteiger partial charge on any atom is 0.341 e. The third kappa shape index (κ3) is 3.65. The number of nitrogens with one attached hydrogen (secondary N) is 1. The van der Waals surface area contributed by atoms with Crippen LogP contribution in [0.3, 0.4) is 0 Å². The van der Waals surface area contributed by atoms with Gasteiger partial charge in [0.1, 0.15) is 11.3 Å². The van der Waals surface area contributed by atoms with Gasteiger partial charge in [-0.25, -0.2) is 14.8 Å². The minimum atomic E-state index is -0.933. The summed E-state index contributed by atoms with van der Waals surface area (Å²) in [6, 6.07) is 8.52. The van der Waals surface area contributed by atoms with Crippen LogP contribution >= 0.6 is 0 Å². The van der Waals surface area contributed by atoms with Gasteiger partial charge in [0.2, 0.25) is 0 Å². The molecule has 0 bridgehead atoms. The normalized spacial score (nSPS) is 11.9. The second-order valence-corrected chi connectivity index (χ2v) is 5.51. The molecule has 128 valence electrons. The van der Waals surface area contributed by atoms with Crippen LogP contribution in [0.15, 0.2) is 47.3 Å². The smallest absolute Gasteiger partial charge is 0.341 e. The van der Waals surface area contributed by atoms with E-state index in [4.69, 9.17) is 9.15 Å². The first-order chi connectivity index (χ1) is 12.1. The van der Waals surface area contributed by atoms with Crippen molar-refractivity contribution in [1.29, 1.82) is 0 Å². The Morgan fingerprint density at radius 3 is 2.88 bits per heavy atom. The third-order valence-electron chi connectivity index (χ3n) is 3.66. The van der Waals surface area contributed by atoms with E-state index in [-0.39, 0.29) is 5.56 Å². The molecule has 25 heavy (non-hydrogen) atoms. The van der Waals surface area contributed by atoms with Crippen LogP contribution in [-0.4, -0.2) is 27.9 Å². The van der Waals surface area contributed by atoms with E-state index >= 15 is 0 Å². The fourth-order valence-corrected chi connectivity index (χ4v) is 2.38. The van der Waals surface area contributed by atoms with Crippen LogP contribution in [0.1, 0.15) is 29.3 Å². The van der Waals surface area contributed by atoms with Crippen LogP contribution in [0.2, 0.25) is 0 Å². The number of carbonyl (C=O) groups is 2. The summed E-state index contributed by atoms with van der Waals surface area (Å²) in [5.41, 5.74) is 2.11. The highest BCUT2D eigenvalue weighted by molar-refractivity contribution is 6.03. The van der Waals surface area contributed by atoms with Gasteiger partial charge >= 0.3 is 5.97 Å². The minimum Gasteiger partial charge on any atom is -0.449 e. The van der Waals surface area contributed by atoms with Crippen molar-refractivity contribution in [3.8, 4) is 0 Å². The Hall–Kier alpha value is -3.22. The van der Waals surface area contributed by atoms with Crippen molar-refractivity contribution < 1.29 is 18.7 Å². The zero-order valence-electron chi connectivity index (χ0n) is 13.9. The van der Waals surface area contributed by atoms with Crippen molar-refractivity contribution in [3.63, 3.8) is 0 Å². The highest BCUT2D eigenvalue weighted by Gasteiger charge is 2.24. The van der Waals surface area contributed by atoms with Crippen molar-refractivity contribution in [3.05, 3.63) is 54.0 Å². The number of anilines is 1. The molecule has 7 heteroatoms. The van der Waals surface area contributed by atoms with E-state index in [1.54, 1.807) is 37.4 Å². The molecule has 0 aliphatic rings. The number of aromatic nitrogens is 2. The Kier molecular flexibility index (Phi) is 4.74. The molecule has 1 aromatic carbocycles. The van der Waals surface area contributed by atoms with Gasteiger partial charge in [-0.05, 0) is 43.2 Å². The molecule has 1 atom stereocenters. The number of esters is 1. The lowest BCUT2D eigenvalue weighted by Gasteiger charge is -2.16. The van der Waals surface area contributed by atoms with E-state index in [1.807, 2.05) is 13.0 Å². The summed E-state index contributed by atoms with van der Waals surface area (Å²) in [4.78, 5) is 32.9. The molecule has 0 radical (unpaired) electrons. The first-order valence-electron chi connectivity index (χ1n) is 7.85. The number of oxazole rings is 1. The van der Waals surface area contributed by atoms with Gasteiger partial charge in [-0.3, -0.25) is 4.79 Å². The standard InChI is InChI=1S/C18H17N3O4/c1-3-13(17(22)21-15-9-11(2)7-8-19-15)25-18(23)12-5-4-6-14-16(12)20-10-24-14/h4-10,13H,3H2,1-2H3,(H,19,21,22). The van der Waals surface area contributed by atoms with Crippen LogP contribution in [0.5, 0.6) is 0 Å². The predicted molar refractivity (Wildman–Crippen MR) is 91.1 cm³/mol. The van der Waals surface area contributed by atoms with Crippen molar-refractivity contribution in [1.82, 2.24) is 9.97 Å². The van der Waals surface area contributed by atoms with Gasteiger partial charge in [0, 0.05) is 6.20 Å². The van der Waals surface area contributed by atoms with E-state index in [0.29, 0.717) is 23.3 Å². The maximum atomic E-state index is 12.4. The zero-order chi connectivity index (χ0) is 17.8. The van der Waals surface area contributed by atoms with Crippen LogP contribution < -0.4 is 5.32 Å². The molecule has 3 rings (SSSR count). The molecule has 7 nitrogen and oxygen atoms in total. The van der Waals surface area contributed by atoms with Crippen LogP contribution in [0, 0.1) is 6.92 Å². The lowest BCUT2D eigenvalue weighted by Crippen LogP contribution is -2.32. The van der Waals surface area contributed by atoms with E-state index in [1.165, 1.54) is 6.39 Å². The fraction of sp³-hybridized carbons (Fsp3) is 0.222. The van der Waals surface area contributed by atoms with Crippen LogP contribution in [-0.2, 0) is 9.53 Å². The largest absolute Gasteiger partial charge is 0.449 e. The molecular formula is C18H17N3O4. The average Bonchev–Trinajstić information content (AvgIpc) is 3.08. The molecule has 3 aromatic rings. The molecule has 1 unspecified atom stereocenters. The van der Waals surface area contributed by atoms with Crippen LogP contribution in [0.25, 0.3) is 11.1 Å². The molecule has 1 N–H and O–H groups in total. The Labute approximate surface area is 144 Å². The number of hydrogen-bond acceptors (Lipinski definition) is 6. The average molecular weight is 339 g/mol. The van der Waals surface area contributed by atoms with Gasteiger partial charge < -0.3 is 14.5 Å². The molecule has 0 spiro atoms. The summed E-state index contributed by atoms with van der Waals surface area (Å²) in [5.74, 6) is -0.641. The molecular weight excluding hydrogens is 322 g/mol. The number of rotatable bonds is 5. The number of carbonyl (C=O) groups excluding carboxylic acids is 2. The van der Waals surface area contributed by atoms with Crippen molar-refractivity contribution in [2.75, 3.05) is 5.32 Å². The number of hydrogen-bond donors (Lipinski definition) is 1. The summed E-state index contributed by atoms with van der Waals surface area (Å²) in [6.45, 7) is 3.66. The quantitative estimate of drug-likeness (QED) is 0.718. The molecule has 0 fully saturated rings. The van der Waals surface area contributed by atoms with Gasteiger partial charge in [0.25, 0.3) is 5.91 Å². The number of amides is 1. The molecule has 2 heterocycles. The number of pyridine rings is 1. The Balaban J connectivity index is 1.74. The minimum absolute atomic E-state index is 0.256. The van der Waals surface area contributed by atoms with Crippen molar-refractivity contribution in [2.45, 2.75) is 26.4 Å². The number of para-hydroxylation sites is 1. The van der Waals surface area contributed by atoms with E-state index in [0.717, 1.165) is 5.56 Å². The number of benzene rings is 1. The summed E-state index contributed by atoms with van der Waals surface area (Å²) >= 11 is 0. The second-order valence-electron chi connectivity index (χ2n) is 5.51. The van der Waals surface area contributed by atoms with Gasteiger partial charge in [-0.1, -0.05) is 13.0 Å². The second kappa shape index (κ2) is 7.12. The monoisotopic (exact) mass is 339 g/mol. The predicted octanol–water partition coefficient (Wildman–Crippen LogP) is 3.11. The number of fused-ring (bicyclic) bond motifs is 1. The Morgan fingerprint density at radius 2 is 2.12 bits per heavy atom. The lowest BCUT2D eigenvalue weighted by atomic mass is 10.2. The fourth-order valence-electron chi connectivity index (χ4n) is 2.38. The molecule has 0 saturated heterocycles. The van der Waals surface area contributed by atoms with E-state index in [2.05, 4.69) is 15.3 Å². The topological polar surface area (TPSA) is 94.3 Å². The number of nitrogens with zero attached hydrogens (tertiary/aromatic N) is 2. The van der Waals surface area contributed by atoms with Gasteiger partial charge in [-0.15, -0.1) is 0 Å². The summed E-state index contributed by atoms with van der Waals surface area (Å²) in [7, 11) is 0. The van der Waals surface area contributed by atoms with E-state index in [9.17, 15) is 9.59 Å². The first kappa shape index (κ1) is 16.6. The van der Waals surface area contributed by atoms with E-state index < -0.39 is 18.0 Å². The van der Waals surface area contributed by atoms with Crippen molar-refractivity contribution in [2.24, 2.45) is 0 Å². The Bertz CT molecular complexity index is 919. The van der Waals surface area contributed by atoms with Gasteiger partial charge in [0.15, 0.2) is 18.1 Å². The number of aryl methyl sites for hydroxylation is 1. The lowest BCUT2D eigenvalue weighted by molar-refractivity contribution is -0.124. The summed E-state index contributed by atoms with van der Waals surface area (Å²) in [6.07, 6.45) is 2.26. The third-order valence-corrected chi connectivity index (χ3v) is 3.66. The highest BCUT2D eigenvalue weighted by Crippen LogP contribution is 2.19. The van der Waals surface area contributed by atoms with Gasteiger partial charge in [0.05, 0.1) is 5.56 Å². The zero-order valence-corrected chi connectivity index (χ0v) is 13.9. The highest BCUT2D eigenvalue weighted by atomic mass is 16.5. The first-order valence-corrected chi connectivity index (χ1v) is 7.85. The molecule has 0 aliphatic carbocycles. The SMILES string of the molecule is CCC(OC(=O)c1cccc2ocnc12)C(=O)Nc1cc(C)ccn1. The Morgan fingerprint density at radius 1 is 1.28 bits per heavy atom. The summed E-state index contributed by atoms with van der Waals surface area (Å²) in [5, 5.41) is 2.66. The maximum absolute atomic E-state index is 12.4. The molecule has 2 aromatic heterocycles. The number of ether oxygens (including phenoxy) is 1.